The molecule has 0 radical (unpaired) electrons. The monoisotopic (exact) mass is 517 g/mol. The normalized spacial score (nSPS) is 14.9. The highest BCUT2D eigenvalue weighted by molar-refractivity contribution is 7.13. The molecule has 1 atom stereocenters. The van der Waals surface area contributed by atoms with E-state index in [0.717, 1.165) is 72.3 Å². The second-order valence-corrected chi connectivity index (χ2v) is 10.5. The molecule has 8 nitrogen and oxygen atoms in total. The lowest BCUT2D eigenvalue weighted by atomic mass is 10.1. The summed E-state index contributed by atoms with van der Waals surface area (Å²) < 4.78 is 1.77. The largest absolute Gasteiger partial charge is 0.357 e. The number of aromatic nitrogens is 4. The smallest absolute Gasteiger partial charge is 0.251 e. The van der Waals surface area contributed by atoms with E-state index in [1.165, 1.54) is 6.42 Å². The number of thiophene rings is 1. The molecule has 0 unspecified atom stereocenters. The van der Waals surface area contributed by atoms with Gasteiger partial charge in [0, 0.05) is 37.4 Å². The molecule has 37 heavy (non-hydrogen) atoms. The lowest BCUT2D eigenvalue weighted by Crippen LogP contribution is -2.42. The molecule has 1 fully saturated rings. The summed E-state index contributed by atoms with van der Waals surface area (Å²) in [6, 6.07) is 10.1. The van der Waals surface area contributed by atoms with Crippen LogP contribution in [0.1, 0.15) is 50.4 Å². The number of pyridine rings is 1. The summed E-state index contributed by atoms with van der Waals surface area (Å²) in [5.74, 6) is 0.762. The molecule has 1 aliphatic rings. The molecule has 0 aromatic carbocycles. The second kappa shape index (κ2) is 11.4. The Morgan fingerprint density at radius 1 is 1.11 bits per heavy atom. The van der Waals surface area contributed by atoms with Gasteiger partial charge in [0.1, 0.15) is 5.82 Å². The van der Waals surface area contributed by atoms with E-state index in [-0.39, 0.29) is 11.9 Å². The van der Waals surface area contributed by atoms with Gasteiger partial charge in [-0.15, -0.1) is 11.3 Å². The summed E-state index contributed by atoms with van der Waals surface area (Å²) in [6.07, 6.45) is 7.23. The zero-order chi connectivity index (χ0) is 25.8. The molecule has 0 spiro atoms. The molecule has 0 saturated carbocycles. The van der Waals surface area contributed by atoms with Gasteiger partial charge < -0.3 is 10.2 Å². The van der Waals surface area contributed by atoms with Crippen LogP contribution in [0.2, 0.25) is 0 Å². The first-order valence-corrected chi connectivity index (χ1v) is 14.1. The van der Waals surface area contributed by atoms with Crippen LogP contribution < -0.4 is 10.2 Å². The fraction of sp³-hybridized carbons (Fsp3) is 0.429. The van der Waals surface area contributed by atoms with Crippen LogP contribution in [0.5, 0.6) is 0 Å². The Hall–Kier alpha value is -3.30. The highest BCUT2D eigenvalue weighted by Gasteiger charge is 2.20. The van der Waals surface area contributed by atoms with Gasteiger partial charge in [0.05, 0.1) is 28.0 Å². The lowest BCUT2D eigenvalue weighted by molar-refractivity contribution is 0.0938. The lowest BCUT2D eigenvalue weighted by Gasteiger charge is -2.28. The molecule has 4 aromatic heterocycles. The van der Waals surface area contributed by atoms with E-state index < -0.39 is 0 Å². The molecule has 1 N–H and O–H groups in total. The first kappa shape index (κ1) is 25.4. The van der Waals surface area contributed by atoms with Crippen LogP contribution in [-0.4, -0.2) is 69.2 Å². The van der Waals surface area contributed by atoms with Crippen molar-refractivity contribution in [1.82, 2.24) is 29.8 Å². The van der Waals surface area contributed by atoms with Gasteiger partial charge in [-0.3, -0.25) is 9.69 Å². The summed E-state index contributed by atoms with van der Waals surface area (Å²) in [5.41, 5.74) is 3.79. The molecular formula is C28H35N7OS. The molecule has 5 heterocycles. The predicted molar refractivity (Wildman–Crippen MR) is 150 cm³/mol. The molecule has 9 heteroatoms. The SMILES string of the molecule is CCN(CC)[C@@H](C)CNC(=O)c1cc(-c2cnn3ccc(-c4cccs4)nc23)nc(N2CCCCC2)c1. The Balaban J connectivity index is 1.50. The Morgan fingerprint density at radius 3 is 2.65 bits per heavy atom. The molecule has 1 aliphatic heterocycles. The molecule has 1 amide bonds. The van der Waals surface area contributed by atoms with Crippen molar-refractivity contribution in [1.29, 1.82) is 0 Å². The minimum absolute atomic E-state index is 0.0791. The van der Waals surface area contributed by atoms with E-state index in [1.54, 1.807) is 22.0 Å². The number of carbonyl (C=O) groups excluding carboxylic acids is 1. The number of fused-ring (bicyclic) bond motifs is 1. The van der Waals surface area contributed by atoms with Crippen molar-refractivity contribution >= 4 is 28.7 Å². The number of anilines is 1. The van der Waals surface area contributed by atoms with E-state index >= 15 is 0 Å². The van der Waals surface area contributed by atoms with E-state index in [9.17, 15) is 4.79 Å². The van der Waals surface area contributed by atoms with Crippen molar-refractivity contribution in [2.24, 2.45) is 0 Å². The minimum Gasteiger partial charge on any atom is -0.357 e. The van der Waals surface area contributed by atoms with E-state index in [2.05, 4.69) is 47.1 Å². The van der Waals surface area contributed by atoms with Crippen molar-refractivity contribution in [3.05, 3.63) is 53.7 Å². The third-order valence-electron chi connectivity index (χ3n) is 7.17. The number of likely N-dealkylation sites (N-methyl/N-ethyl adjacent to an activating group) is 1. The fourth-order valence-corrected chi connectivity index (χ4v) is 5.70. The number of nitrogens with zero attached hydrogens (tertiary/aromatic N) is 6. The van der Waals surface area contributed by atoms with Crippen LogP contribution in [0.4, 0.5) is 5.82 Å². The first-order chi connectivity index (χ1) is 18.1. The molecule has 0 bridgehead atoms. The summed E-state index contributed by atoms with van der Waals surface area (Å²) >= 11 is 1.66. The summed E-state index contributed by atoms with van der Waals surface area (Å²) in [4.78, 5) is 29.0. The number of rotatable bonds is 9. The van der Waals surface area contributed by atoms with Crippen molar-refractivity contribution in [3.8, 4) is 21.8 Å². The number of piperidine rings is 1. The van der Waals surface area contributed by atoms with Crippen LogP contribution in [0.25, 0.3) is 27.5 Å². The van der Waals surface area contributed by atoms with Gasteiger partial charge in [-0.2, -0.15) is 5.10 Å². The number of carbonyl (C=O) groups is 1. The molecule has 0 aliphatic carbocycles. The third kappa shape index (κ3) is 5.52. The molecule has 5 rings (SSSR count). The van der Waals surface area contributed by atoms with Crippen LogP contribution in [0, 0.1) is 0 Å². The van der Waals surface area contributed by atoms with E-state index in [0.29, 0.717) is 12.1 Å². The van der Waals surface area contributed by atoms with Gasteiger partial charge in [-0.25, -0.2) is 14.5 Å². The highest BCUT2D eigenvalue weighted by Crippen LogP contribution is 2.29. The van der Waals surface area contributed by atoms with Gasteiger partial charge in [0.2, 0.25) is 0 Å². The maximum atomic E-state index is 13.4. The Labute approximate surface area is 222 Å². The minimum atomic E-state index is -0.0791. The van der Waals surface area contributed by atoms with Crippen LogP contribution in [0.15, 0.2) is 48.1 Å². The zero-order valence-electron chi connectivity index (χ0n) is 21.9. The van der Waals surface area contributed by atoms with Crippen molar-refractivity contribution in [2.75, 3.05) is 37.6 Å². The fourth-order valence-electron chi connectivity index (χ4n) is 5.00. The van der Waals surface area contributed by atoms with Crippen LogP contribution in [0.3, 0.4) is 0 Å². The Bertz CT molecular complexity index is 1340. The second-order valence-electron chi connectivity index (χ2n) is 9.54. The van der Waals surface area contributed by atoms with Crippen molar-refractivity contribution in [2.45, 2.75) is 46.1 Å². The van der Waals surface area contributed by atoms with Gasteiger partial charge >= 0.3 is 0 Å². The van der Waals surface area contributed by atoms with Crippen LogP contribution >= 0.6 is 11.3 Å². The summed E-state index contributed by atoms with van der Waals surface area (Å²) in [6.45, 7) is 10.9. The van der Waals surface area contributed by atoms with Crippen LogP contribution in [-0.2, 0) is 0 Å². The molecule has 1 saturated heterocycles. The Kier molecular flexibility index (Phi) is 7.81. The van der Waals surface area contributed by atoms with Crippen molar-refractivity contribution in [3.63, 3.8) is 0 Å². The predicted octanol–water partition coefficient (Wildman–Crippen LogP) is 4.97. The first-order valence-electron chi connectivity index (χ1n) is 13.2. The number of nitrogens with one attached hydrogen (secondary N) is 1. The molecule has 194 valence electrons. The van der Waals surface area contributed by atoms with E-state index in [1.807, 2.05) is 35.8 Å². The van der Waals surface area contributed by atoms with E-state index in [4.69, 9.17) is 9.97 Å². The zero-order valence-corrected chi connectivity index (χ0v) is 22.7. The average Bonchev–Trinajstić information content (AvgIpc) is 3.63. The van der Waals surface area contributed by atoms with Crippen molar-refractivity contribution < 1.29 is 4.79 Å². The number of hydrogen-bond donors (Lipinski definition) is 1. The van der Waals surface area contributed by atoms with Gasteiger partial charge in [0.15, 0.2) is 5.65 Å². The van der Waals surface area contributed by atoms with Gasteiger partial charge in [-0.1, -0.05) is 19.9 Å². The topological polar surface area (TPSA) is 78.7 Å². The standard InChI is InChI=1S/C28H35N7OS/c1-4-33(5-2)20(3)18-29-28(36)21-16-24(31-26(17-21)34-12-7-6-8-13-34)22-19-30-35-14-11-23(32-27(22)35)25-10-9-15-37-25/h9-11,14-17,19-20H,4-8,12-13,18H2,1-3H3,(H,29,36)/t20-/m0/s1. The molecular weight excluding hydrogens is 482 g/mol. The average molecular weight is 518 g/mol. The summed E-state index contributed by atoms with van der Waals surface area (Å²) in [7, 11) is 0. The highest BCUT2D eigenvalue weighted by atomic mass is 32.1. The Morgan fingerprint density at radius 2 is 1.92 bits per heavy atom. The number of amides is 1. The summed E-state index contributed by atoms with van der Waals surface area (Å²) in [5, 5.41) is 9.73. The van der Waals surface area contributed by atoms with Gasteiger partial charge in [0.25, 0.3) is 5.91 Å². The number of hydrogen-bond acceptors (Lipinski definition) is 7. The maximum absolute atomic E-state index is 13.4. The van der Waals surface area contributed by atoms with Gasteiger partial charge in [-0.05, 0) is 68.9 Å². The quantitative estimate of drug-likeness (QED) is 0.338. The molecule has 4 aromatic rings. The third-order valence-corrected chi connectivity index (χ3v) is 8.06. The maximum Gasteiger partial charge on any atom is 0.251 e.